The molecule has 0 atom stereocenters. The van der Waals surface area contributed by atoms with Gasteiger partial charge in [-0.05, 0) is 19.3 Å². The molecule has 0 bridgehead atoms. The van der Waals surface area contributed by atoms with Crippen molar-refractivity contribution in [1.82, 2.24) is 0 Å². The van der Waals surface area contributed by atoms with Gasteiger partial charge in [0.05, 0.1) is 0 Å². The fourth-order valence-electron chi connectivity index (χ4n) is 0.775. The van der Waals surface area contributed by atoms with Crippen LogP contribution in [0, 0.1) is 5.92 Å². The zero-order chi connectivity index (χ0) is 8.85. The van der Waals surface area contributed by atoms with Crippen molar-refractivity contribution in [3.8, 4) is 0 Å². The molecule has 0 radical (unpaired) electrons. The van der Waals surface area contributed by atoms with Gasteiger partial charge in [-0.2, -0.15) is 5.10 Å². The number of hydrogen-bond donors (Lipinski definition) is 2. The maximum atomic E-state index is 5.09. The fraction of sp³-hybridized carbons (Fsp3) is 0.714. The molecule has 4 heteroatoms. The van der Waals surface area contributed by atoms with Crippen LogP contribution in [-0.2, 0) is 0 Å². The molecule has 11 heavy (non-hydrogen) atoms. The fourth-order valence-corrected chi connectivity index (χ4v) is 0.775. The first-order valence-electron chi connectivity index (χ1n) is 3.64. The van der Waals surface area contributed by atoms with E-state index in [1.54, 1.807) is 0 Å². The van der Waals surface area contributed by atoms with Crippen molar-refractivity contribution >= 4 is 11.7 Å². The van der Waals surface area contributed by atoms with E-state index in [1.165, 1.54) is 0 Å². The lowest BCUT2D eigenvalue weighted by Gasteiger charge is -2.00. The molecule has 0 amide bonds. The van der Waals surface area contributed by atoms with Gasteiger partial charge in [-0.25, -0.2) is 0 Å². The first-order valence-corrected chi connectivity index (χ1v) is 3.64. The van der Waals surface area contributed by atoms with E-state index < -0.39 is 0 Å². The van der Waals surface area contributed by atoms with Crippen LogP contribution in [0.25, 0.3) is 0 Å². The number of guanidine groups is 1. The molecule has 64 valence electrons. The van der Waals surface area contributed by atoms with Crippen molar-refractivity contribution in [1.29, 1.82) is 0 Å². The minimum Gasteiger partial charge on any atom is -0.369 e. The van der Waals surface area contributed by atoms with Crippen molar-refractivity contribution in [2.75, 3.05) is 0 Å². The van der Waals surface area contributed by atoms with E-state index in [-0.39, 0.29) is 5.96 Å². The average molecular weight is 156 g/mol. The van der Waals surface area contributed by atoms with Crippen molar-refractivity contribution in [3.63, 3.8) is 0 Å². The zero-order valence-corrected chi connectivity index (χ0v) is 7.33. The molecule has 0 spiro atoms. The number of nitrogens with two attached hydrogens (primary N) is 2. The van der Waals surface area contributed by atoms with Gasteiger partial charge >= 0.3 is 0 Å². The van der Waals surface area contributed by atoms with Crippen molar-refractivity contribution in [2.45, 2.75) is 27.2 Å². The standard InChI is InChI=1S/C7H16N4/c1-5(2)4-6(3)10-11-7(8)9/h5H,4H2,1-3H3,(H4,8,9,11). The third kappa shape index (κ3) is 6.83. The molecule has 0 unspecified atom stereocenters. The summed E-state index contributed by atoms with van der Waals surface area (Å²) in [6.45, 7) is 6.15. The molecule has 0 saturated heterocycles. The van der Waals surface area contributed by atoms with Crippen LogP contribution in [0.2, 0.25) is 0 Å². The van der Waals surface area contributed by atoms with E-state index >= 15 is 0 Å². The Morgan fingerprint density at radius 3 is 2.18 bits per heavy atom. The molecule has 0 aromatic heterocycles. The number of hydrogen-bond acceptors (Lipinski definition) is 2. The Morgan fingerprint density at radius 2 is 1.82 bits per heavy atom. The average Bonchev–Trinajstić information content (AvgIpc) is 1.82. The lowest BCUT2D eigenvalue weighted by Crippen LogP contribution is -2.22. The zero-order valence-electron chi connectivity index (χ0n) is 7.33. The number of nitrogens with zero attached hydrogens (tertiary/aromatic N) is 2. The molecule has 0 fully saturated rings. The van der Waals surface area contributed by atoms with E-state index in [4.69, 9.17) is 11.5 Å². The van der Waals surface area contributed by atoms with Gasteiger partial charge in [0, 0.05) is 5.71 Å². The van der Waals surface area contributed by atoms with Gasteiger partial charge in [-0.15, -0.1) is 5.10 Å². The molecule has 0 aromatic rings. The molecule has 0 saturated carbocycles. The van der Waals surface area contributed by atoms with Gasteiger partial charge in [-0.1, -0.05) is 13.8 Å². The monoisotopic (exact) mass is 156 g/mol. The van der Waals surface area contributed by atoms with Gasteiger partial charge in [0.15, 0.2) is 0 Å². The van der Waals surface area contributed by atoms with Crippen LogP contribution in [0.5, 0.6) is 0 Å². The van der Waals surface area contributed by atoms with Crippen molar-refractivity contribution in [3.05, 3.63) is 0 Å². The highest BCUT2D eigenvalue weighted by molar-refractivity contribution is 5.83. The van der Waals surface area contributed by atoms with Crippen LogP contribution < -0.4 is 11.5 Å². The Morgan fingerprint density at radius 1 is 1.27 bits per heavy atom. The topological polar surface area (TPSA) is 76.8 Å². The molecular formula is C7H16N4. The third-order valence-corrected chi connectivity index (χ3v) is 1.04. The van der Waals surface area contributed by atoms with Crippen LogP contribution >= 0.6 is 0 Å². The minimum atomic E-state index is 0.00751. The van der Waals surface area contributed by atoms with Gasteiger partial charge in [0.1, 0.15) is 0 Å². The van der Waals surface area contributed by atoms with Crippen LogP contribution in [0.15, 0.2) is 10.2 Å². The summed E-state index contributed by atoms with van der Waals surface area (Å²) in [5.74, 6) is 0.598. The highest BCUT2D eigenvalue weighted by Gasteiger charge is 1.95. The Hall–Kier alpha value is -1.06. The molecule has 0 aliphatic rings. The summed E-state index contributed by atoms with van der Waals surface area (Å²) in [5.41, 5.74) is 11.1. The summed E-state index contributed by atoms with van der Waals surface area (Å²) in [7, 11) is 0. The largest absolute Gasteiger partial charge is 0.369 e. The first-order chi connectivity index (χ1) is 5.02. The number of rotatable bonds is 3. The van der Waals surface area contributed by atoms with E-state index in [0.29, 0.717) is 5.92 Å². The van der Waals surface area contributed by atoms with Crippen LogP contribution in [-0.4, -0.2) is 11.7 Å². The second-order valence-electron chi connectivity index (χ2n) is 2.96. The van der Waals surface area contributed by atoms with E-state index in [2.05, 4.69) is 24.1 Å². The Balaban J connectivity index is 3.91. The Kier molecular flexibility index (Phi) is 4.26. The Labute approximate surface area is 67.4 Å². The van der Waals surface area contributed by atoms with E-state index in [9.17, 15) is 0 Å². The summed E-state index contributed by atoms with van der Waals surface area (Å²) >= 11 is 0. The van der Waals surface area contributed by atoms with Crippen LogP contribution in [0.4, 0.5) is 0 Å². The van der Waals surface area contributed by atoms with Gasteiger partial charge in [0.25, 0.3) is 0 Å². The molecule has 0 aliphatic heterocycles. The summed E-state index contributed by atoms with van der Waals surface area (Å²) in [4.78, 5) is 0. The Bertz CT molecular complexity index is 165. The van der Waals surface area contributed by atoms with Crippen molar-refractivity contribution in [2.24, 2.45) is 27.6 Å². The van der Waals surface area contributed by atoms with Gasteiger partial charge in [0.2, 0.25) is 5.96 Å². The predicted octanol–water partition coefficient (Wildman–Crippen LogP) is 0.682. The predicted molar refractivity (Wildman–Crippen MR) is 48.4 cm³/mol. The SMILES string of the molecule is CC(CC(C)C)=NN=C(N)N. The molecule has 0 rings (SSSR count). The summed E-state index contributed by atoms with van der Waals surface area (Å²) in [6.07, 6.45) is 0.927. The molecule has 0 aliphatic carbocycles. The molecular weight excluding hydrogens is 140 g/mol. The maximum Gasteiger partial charge on any atom is 0.211 e. The highest BCUT2D eigenvalue weighted by atomic mass is 15.3. The third-order valence-electron chi connectivity index (χ3n) is 1.04. The quantitative estimate of drug-likeness (QED) is 0.358. The normalized spacial score (nSPS) is 11.8. The van der Waals surface area contributed by atoms with Gasteiger partial charge in [-0.3, -0.25) is 0 Å². The minimum absolute atomic E-state index is 0.00751. The van der Waals surface area contributed by atoms with Crippen LogP contribution in [0.1, 0.15) is 27.2 Å². The summed E-state index contributed by atoms with van der Waals surface area (Å²) < 4.78 is 0. The molecule has 4 nitrogen and oxygen atoms in total. The van der Waals surface area contributed by atoms with E-state index in [0.717, 1.165) is 12.1 Å². The first kappa shape index (κ1) is 9.94. The second-order valence-corrected chi connectivity index (χ2v) is 2.96. The smallest absolute Gasteiger partial charge is 0.211 e. The maximum absolute atomic E-state index is 5.09. The van der Waals surface area contributed by atoms with Crippen LogP contribution in [0.3, 0.4) is 0 Å². The van der Waals surface area contributed by atoms with E-state index in [1.807, 2.05) is 6.92 Å². The van der Waals surface area contributed by atoms with Gasteiger partial charge < -0.3 is 11.5 Å². The summed E-state index contributed by atoms with van der Waals surface area (Å²) in [6, 6.07) is 0. The van der Waals surface area contributed by atoms with Crippen molar-refractivity contribution < 1.29 is 0 Å². The molecule has 0 heterocycles. The highest BCUT2D eigenvalue weighted by Crippen LogP contribution is 2.00. The lowest BCUT2D eigenvalue weighted by molar-refractivity contribution is 0.681. The second kappa shape index (κ2) is 4.71. The molecule has 4 N–H and O–H groups in total. The summed E-state index contributed by atoms with van der Waals surface area (Å²) in [5, 5.41) is 7.36. The molecule has 0 aromatic carbocycles. The lowest BCUT2D eigenvalue weighted by atomic mass is 10.1.